The quantitative estimate of drug-likeness (QED) is 0.329. The summed E-state index contributed by atoms with van der Waals surface area (Å²) in [5.41, 5.74) is 3.73. The molecule has 8 heteroatoms. The maximum Gasteiger partial charge on any atom is 0.338 e. The van der Waals surface area contributed by atoms with Crippen LogP contribution in [-0.4, -0.2) is 30.9 Å². The molecule has 0 radical (unpaired) electrons. The lowest BCUT2D eigenvalue weighted by Gasteiger charge is -2.26. The van der Waals surface area contributed by atoms with Crippen LogP contribution in [-0.2, 0) is 9.53 Å². The molecule has 0 unspecified atom stereocenters. The topological polar surface area (TPSA) is 79.1 Å². The summed E-state index contributed by atoms with van der Waals surface area (Å²) in [5, 5.41) is 0. The third kappa shape index (κ3) is 5.86. The summed E-state index contributed by atoms with van der Waals surface area (Å²) in [5.74, 6) is 1.17. The second kappa shape index (κ2) is 12.5. The molecule has 206 valence electrons. The summed E-state index contributed by atoms with van der Waals surface area (Å²) in [6.45, 7) is 10.8. The normalized spacial score (nSPS) is 15.3. The molecule has 0 fully saturated rings. The monoisotopic (exact) mass is 548 g/mol. The molecule has 3 aromatic rings. The fourth-order valence-corrected chi connectivity index (χ4v) is 5.72. The Morgan fingerprint density at radius 2 is 1.82 bits per heavy atom. The number of fused-ring (bicyclic) bond motifs is 1. The molecule has 2 heterocycles. The first-order valence-electron chi connectivity index (χ1n) is 13.4. The van der Waals surface area contributed by atoms with E-state index in [-0.39, 0.29) is 12.2 Å². The van der Waals surface area contributed by atoms with Gasteiger partial charge in [-0.3, -0.25) is 9.36 Å². The van der Waals surface area contributed by atoms with Crippen LogP contribution in [0.5, 0.6) is 11.5 Å². The van der Waals surface area contributed by atoms with E-state index in [4.69, 9.17) is 19.2 Å². The number of carbonyl (C=O) groups is 1. The Morgan fingerprint density at radius 1 is 1.08 bits per heavy atom. The summed E-state index contributed by atoms with van der Waals surface area (Å²) in [6.07, 6.45) is 3.24. The van der Waals surface area contributed by atoms with Gasteiger partial charge in [-0.05, 0) is 61.1 Å². The lowest BCUT2D eigenvalue weighted by atomic mass is 9.92. The second-order valence-electron chi connectivity index (χ2n) is 9.58. The highest BCUT2D eigenvalue weighted by molar-refractivity contribution is 7.07. The van der Waals surface area contributed by atoms with Gasteiger partial charge in [-0.25, -0.2) is 9.79 Å². The first-order valence-corrected chi connectivity index (χ1v) is 14.3. The molecular formula is C31H36N2O5S. The number of nitrogens with zero attached hydrogens (tertiary/aromatic N) is 2. The molecular weight excluding hydrogens is 512 g/mol. The van der Waals surface area contributed by atoms with Crippen molar-refractivity contribution in [1.29, 1.82) is 0 Å². The Hall–Kier alpha value is -3.65. The predicted molar refractivity (Wildman–Crippen MR) is 154 cm³/mol. The molecule has 4 rings (SSSR count). The number of methoxy groups -OCH3 is 1. The maximum absolute atomic E-state index is 13.9. The molecule has 0 amide bonds. The van der Waals surface area contributed by atoms with Gasteiger partial charge < -0.3 is 14.2 Å². The van der Waals surface area contributed by atoms with Crippen molar-refractivity contribution in [3.63, 3.8) is 0 Å². The van der Waals surface area contributed by atoms with Gasteiger partial charge in [0.25, 0.3) is 5.56 Å². The van der Waals surface area contributed by atoms with E-state index in [0.717, 1.165) is 17.5 Å². The number of ether oxygens (including phenoxy) is 3. The summed E-state index contributed by atoms with van der Waals surface area (Å²) >= 11 is 1.32. The van der Waals surface area contributed by atoms with Crippen molar-refractivity contribution in [3.05, 3.63) is 90.1 Å². The lowest BCUT2D eigenvalue weighted by molar-refractivity contribution is -0.139. The molecule has 0 saturated carbocycles. The number of rotatable bonds is 10. The molecule has 0 aliphatic carbocycles. The zero-order chi connectivity index (χ0) is 28.1. The van der Waals surface area contributed by atoms with E-state index in [0.29, 0.717) is 51.0 Å². The molecule has 1 aromatic heterocycles. The molecule has 1 aliphatic heterocycles. The van der Waals surface area contributed by atoms with Crippen LogP contribution >= 0.6 is 11.3 Å². The fraction of sp³-hybridized carbons (Fsp3) is 0.387. The summed E-state index contributed by atoms with van der Waals surface area (Å²) in [7, 11) is 1.59. The van der Waals surface area contributed by atoms with Crippen molar-refractivity contribution in [3.8, 4) is 11.5 Å². The van der Waals surface area contributed by atoms with Gasteiger partial charge in [0.1, 0.15) is 0 Å². The number of benzene rings is 2. The zero-order valence-corrected chi connectivity index (χ0v) is 24.3. The smallest absolute Gasteiger partial charge is 0.338 e. The number of esters is 1. The highest BCUT2D eigenvalue weighted by atomic mass is 32.1. The van der Waals surface area contributed by atoms with Gasteiger partial charge in [0, 0.05) is 0 Å². The number of thiazole rings is 1. The van der Waals surface area contributed by atoms with Crippen molar-refractivity contribution < 1.29 is 19.0 Å². The second-order valence-corrected chi connectivity index (χ2v) is 10.6. The van der Waals surface area contributed by atoms with Gasteiger partial charge in [0.15, 0.2) is 16.3 Å². The van der Waals surface area contributed by atoms with Crippen LogP contribution in [0, 0.1) is 0 Å². The maximum atomic E-state index is 13.9. The molecule has 39 heavy (non-hydrogen) atoms. The van der Waals surface area contributed by atoms with Crippen LogP contribution in [0.15, 0.2) is 63.5 Å². The van der Waals surface area contributed by atoms with E-state index in [1.807, 2.05) is 50.3 Å². The van der Waals surface area contributed by atoms with Crippen molar-refractivity contribution in [2.24, 2.45) is 4.99 Å². The first-order chi connectivity index (χ1) is 18.8. The van der Waals surface area contributed by atoms with E-state index in [2.05, 4.69) is 26.0 Å². The molecule has 0 saturated heterocycles. The van der Waals surface area contributed by atoms with Crippen LogP contribution in [0.4, 0.5) is 0 Å². The fourth-order valence-electron chi connectivity index (χ4n) is 4.70. The molecule has 2 aromatic carbocycles. The van der Waals surface area contributed by atoms with Crippen LogP contribution < -0.4 is 24.4 Å². The molecule has 0 bridgehead atoms. The van der Waals surface area contributed by atoms with Gasteiger partial charge >= 0.3 is 5.97 Å². The Kier molecular flexibility index (Phi) is 9.07. The van der Waals surface area contributed by atoms with E-state index >= 15 is 0 Å². The van der Waals surface area contributed by atoms with E-state index < -0.39 is 12.0 Å². The number of hydrogen-bond donors (Lipinski definition) is 0. The SMILES string of the molecule is CCCC1=C(C(=O)OCC)[C@@H](c2ccc(C(C)C)cc2)n2c(s/c(=C\c3ccc(OCC)c(OC)c3)c2=O)=N1. The summed E-state index contributed by atoms with van der Waals surface area (Å²) in [6, 6.07) is 13.1. The summed E-state index contributed by atoms with van der Waals surface area (Å²) < 4.78 is 18.8. The Labute approximate surface area is 233 Å². The van der Waals surface area contributed by atoms with Crippen molar-refractivity contribution >= 4 is 23.4 Å². The van der Waals surface area contributed by atoms with Gasteiger partial charge in [0.05, 0.1) is 42.2 Å². The molecule has 0 N–H and O–H groups in total. The Balaban J connectivity index is 1.93. The van der Waals surface area contributed by atoms with Gasteiger partial charge in [-0.1, -0.05) is 68.9 Å². The minimum absolute atomic E-state index is 0.207. The summed E-state index contributed by atoms with van der Waals surface area (Å²) in [4.78, 5) is 32.7. The minimum atomic E-state index is -0.625. The zero-order valence-electron chi connectivity index (χ0n) is 23.4. The number of hydrogen-bond acceptors (Lipinski definition) is 7. The van der Waals surface area contributed by atoms with Crippen molar-refractivity contribution in [1.82, 2.24) is 4.57 Å². The highest BCUT2D eigenvalue weighted by Crippen LogP contribution is 2.33. The number of carbonyl (C=O) groups excluding carboxylic acids is 1. The highest BCUT2D eigenvalue weighted by Gasteiger charge is 2.34. The van der Waals surface area contributed by atoms with Gasteiger partial charge in [-0.2, -0.15) is 0 Å². The Bertz CT molecular complexity index is 1550. The van der Waals surface area contributed by atoms with Gasteiger partial charge in [0.2, 0.25) is 0 Å². The van der Waals surface area contributed by atoms with Crippen molar-refractivity contribution in [2.45, 2.75) is 59.4 Å². The van der Waals surface area contributed by atoms with Crippen molar-refractivity contribution in [2.75, 3.05) is 20.3 Å². The average molecular weight is 549 g/mol. The average Bonchev–Trinajstić information content (AvgIpc) is 3.23. The van der Waals surface area contributed by atoms with E-state index in [1.165, 1.54) is 16.9 Å². The molecule has 1 aliphatic rings. The standard InChI is InChI=1S/C31H36N2O5S/c1-7-10-23-27(30(35)38-9-3)28(22-14-12-21(13-15-22)19(4)5)33-29(34)26(39-31(33)32-23)18-20-11-16-24(37-8-2)25(17-20)36-6/h11-19,28H,7-10H2,1-6H3/b26-18-/t28-/m1/s1. The third-order valence-electron chi connectivity index (χ3n) is 6.60. The van der Waals surface area contributed by atoms with Crippen LogP contribution in [0.3, 0.4) is 0 Å². The van der Waals surface area contributed by atoms with Gasteiger partial charge in [-0.15, -0.1) is 0 Å². The van der Waals surface area contributed by atoms with Crippen LogP contribution in [0.2, 0.25) is 0 Å². The lowest BCUT2D eigenvalue weighted by Crippen LogP contribution is -2.40. The molecule has 7 nitrogen and oxygen atoms in total. The largest absolute Gasteiger partial charge is 0.493 e. The van der Waals surface area contributed by atoms with E-state index in [1.54, 1.807) is 18.6 Å². The van der Waals surface area contributed by atoms with E-state index in [9.17, 15) is 9.59 Å². The number of allylic oxidation sites excluding steroid dienone is 1. The van der Waals surface area contributed by atoms with Crippen LogP contribution in [0.1, 0.15) is 76.1 Å². The molecule has 1 atom stereocenters. The molecule has 0 spiro atoms. The van der Waals surface area contributed by atoms with Crippen LogP contribution in [0.25, 0.3) is 6.08 Å². The third-order valence-corrected chi connectivity index (χ3v) is 7.58. The Morgan fingerprint density at radius 3 is 2.44 bits per heavy atom. The number of aromatic nitrogens is 1. The first kappa shape index (κ1) is 28.4. The predicted octanol–water partition coefficient (Wildman–Crippen LogP) is 5.11. The minimum Gasteiger partial charge on any atom is -0.493 e.